The number of rotatable bonds is 4. The Balaban J connectivity index is 2.18. The predicted molar refractivity (Wildman–Crippen MR) is 64.6 cm³/mol. The minimum atomic E-state index is -0.353. The summed E-state index contributed by atoms with van der Waals surface area (Å²) >= 11 is 0. The predicted octanol–water partition coefficient (Wildman–Crippen LogP) is 2.47. The fourth-order valence-corrected chi connectivity index (χ4v) is 1.73. The smallest absolute Gasteiger partial charge is 0.140 e. The van der Waals surface area contributed by atoms with Crippen LogP contribution >= 0.6 is 0 Å². The fourth-order valence-electron chi connectivity index (χ4n) is 1.73. The second-order valence-corrected chi connectivity index (χ2v) is 4.01. The molecule has 0 aliphatic rings. The van der Waals surface area contributed by atoms with Crippen molar-refractivity contribution >= 4 is 0 Å². The van der Waals surface area contributed by atoms with Crippen LogP contribution in [-0.4, -0.2) is 5.16 Å². The van der Waals surface area contributed by atoms with Crippen LogP contribution in [0.15, 0.2) is 22.7 Å². The van der Waals surface area contributed by atoms with Gasteiger partial charge in [0.05, 0.1) is 11.3 Å². The number of hydrogen-bond donors (Lipinski definition) is 1. The molecule has 0 amide bonds. The molecule has 2 rings (SSSR count). The van der Waals surface area contributed by atoms with Gasteiger partial charge in [0.2, 0.25) is 0 Å². The minimum absolute atomic E-state index is 0.101. The highest BCUT2D eigenvalue weighted by atomic mass is 19.1. The highest BCUT2D eigenvalue weighted by Gasteiger charge is 2.12. The molecular weight excluding hydrogens is 235 g/mol. The van der Waals surface area contributed by atoms with Crippen LogP contribution in [0, 0.1) is 19.7 Å². The average molecular weight is 250 g/mol. The minimum Gasteiger partial charge on any atom is -0.488 e. The van der Waals surface area contributed by atoms with Gasteiger partial charge in [0.25, 0.3) is 0 Å². The number of ether oxygens (including phenoxy) is 1. The SMILES string of the molecule is Cc1noc(C)c1COc1cccc(F)c1CN. The molecule has 1 heterocycles. The van der Waals surface area contributed by atoms with E-state index in [2.05, 4.69) is 5.16 Å². The molecule has 0 bridgehead atoms. The van der Waals surface area contributed by atoms with Gasteiger partial charge < -0.3 is 15.0 Å². The van der Waals surface area contributed by atoms with Crippen LogP contribution < -0.4 is 10.5 Å². The van der Waals surface area contributed by atoms with Crippen LogP contribution in [0.2, 0.25) is 0 Å². The van der Waals surface area contributed by atoms with Gasteiger partial charge in [-0.3, -0.25) is 0 Å². The first-order valence-corrected chi connectivity index (χ1v) is 5.65. The maximum absolute atomic E-state index is 13.5. The standard InChI is InChI=1S/C13H15FN2O2/c1-8-11(9(2)18-16-8)7-17-13-5-3-4-12(14)10(13)6-15/h3-5H,6-7,15H2,1-2H3. The number of nitrogens with zero attached hydrogens (tertiary/aromatic N) is 1. The van der Waals surface area contributed by atoms with E-state index in [0.717, 1.165) is 11.3 Å². The first-order chi connectivity index (χ1) is 8.63. The van der Waals surface area contributed by atoms with Gasteiger partial charge in [0.15, 0.2) is 0 Å². The quantitative estimate of drug-likeness (QED) is 0.905. The van der Waals surface area contributed by atoms with Crippen molar-refractivity contribution in [2.45, 2.75) is 27.0 Å². The molecule has 0 unspecified atom stereocenters. The third kappa shape index (κ3) is 2.36. The molecule has 0 spiro atoms. The molecule has 0 aliphatic heterocycles. The molecule has 18 heavy (non-hydrogen) atoms. The molecule has 0 fully saturated rings. The zero-order valence-corrected chi connectivity index (χ0v) is 10.4. The highest BCUT2D eigenvalue weighted by molar-refractivity contribution is 5.35. The zero-order chi connectivity index (χ0) is 13.1. The Bertz CT molecular complexity index is 532. The number of benzene rings is 1. The topological polar surface area (TPSA) is 61.3 Å². The lowest BCUT2D eigenvalue weighted by Crippen LogP contribution is -2.05. The lowest BCUT2D eigenvalue weighted by atomic mass is 10.2. The van der Waals surface area contributed by atoms with Gasteiger partial charge in [-0.05, 0) is 26.0 Å². The maximum Gasteiger partial charge on any atom is 0.140 e. The fraction of sp³-hybridized carbons (Fsp3) is 0.308. The molecule has 5 heteroatoms. The van der Waals surface area contributed by atoms with Gasteiger partial charge in [-0.15, -0.1) is 0 Å². The molecule has 2 aromatic rings. The summed E-state index contributed by atoms with van der Waals surface area (Å²) in [5.41, 5.74) is 7.54. The molecule has 2 N–H and O–H groups in total. The molecule has 1 aromatic carbocycles. The van der Waals surface area contributed by atoms with Crippen molar-refractivity contribution in [1.82, 2.24) is 5.16 Å². The third-order valence-electron chi connectivity index (χ3n) is 2.83. The van der Waals surface area contributed by atoms with Crippen LogP contribution in [-0.2, 0) is 13.2 Å². The first-order valence-electron chi connectivity index (χ1n) is 5.65. The van der Waals surface area contributed by atoms with E-state index < -0.39 is 0 Å². The summed E-state index contributed by atoms with van der Waals surface area (Å²) in [5.74, 6) is 0.810. The summed E-state index contributed by atoms with van der Waals surface area (Å²) < 4.78 is 24.1. The lowest BCUT2D eigenvalue weighted by molar-refractivity contribution is 0.296. The Labute approximate surface area is 105 Å². The summed E-state index contributed by atoms with van der Waals surface area (Å²) in [7, 11) is 0. The third-order valence-corrected chi connectivity index (χ3v) is 2.83. The van der Waals surface area contributed by atoms with Gasteiger partial charge in [-0.1, -0.05) is 11.2 Å². The van der Waals surface area contributed by atoms with Crippen molar-refractivity contribution in [3.05, 3.63) is 46.6 Å². The van der Waals surface area contributed by atoms with Gasteiger partial charge >= 0.3 is 0 Å². The molecule has 0 radical (unpaired) electrons. The largest absolute Gasteiger partial charge is 0.488 e. The molecule has 4 nitrogen and oxygen atoms in total. The molecule has 1 aromatic heterocycles. The Morgan fingerprint density at radius 3 is 2.72 bits per heavy atom. The molecule has 0 saturated carbocycles. The van der Waals surface area contributed by atoms with Crippen LogP contribution in [0.1, 0.15) is 22.6 Å². The summed E-state index contributed by atoms with van der Waals surface area (Å²) in [5, 5.41) is 3.83. The van der Waals surface area contributed by atoms with Gasteiger partial charge in [0, 0.05) is 12.1 Å². The van der Waals surface area contributed by atoms with E-state index in [-0.39, 0.29) is 19.0 Å². The highest BCUT2D eigenvalue weighted by Crippen LogP contribution is 2.23. The lowest BCUT2D eigenvalue weighted by Gasteiger charge is -2.10. The number of nitrogens with two attached hydrogens (primary N) is 1. The van der Waals surface area contributed by atoms with Crippen molar-refractivity contribution in [3.8, 4) is 5.75 Å². The molecule has 0 atom stereocenters. The normalized spacial score (nSPS) is 10.7. The Morgan fingerprint density at radius 1 is 1.33 bits per heavy atom. The van der Waals surface area contributed by atoms with E-state index in [1.807, 2.05) is 13.8 Å². The molecular formula is C13H15FN2O2. The van der Waals surface area contributed by atoms with Gasteiger partial charge in [0.1, 0.15) is 23.9 Å². The van der Waals surface area contributed by atoms with Gasteiger partial charge in [-0.2, -0.15) is 0 Å². The van der Waals surface area contributed by atoms with Crippen molar-refractivity contribution in [3.63, 3.8) is 0 Å². The van der Waals surface area contributed by atoms with Gasteiger partial charge in [-0.25, -0.2) is 4.39 Å². The first kappa shape index (κ1) is 12.6. The van der Waals surface area contributed by atoms with Crippen molar-refractivity contribution in [2.24, 2.45) is 5.73 Å². The Morgan fingerprint density at radius 2 is 2.11 bits per heavy atom. The van der Waals surface area contributed by atoms with Crippen LogP contribution in [0.4, 0.5) is 4.39 Å². The monoisotopic (exact) mass is 250 g/mol. The molecule has 96 valence electrons. The van der Waals surface area contributed by atoms with E-state index in [0.29, 0.717) is 17.1 Å². The maximum atomic E-state index is 13.5. The van der Waals surface area contributed by atoms with E-state index in [1.54, 1.807) is 12.1 Å². The Kier molecular flexibility index (Phi) is 3.62. The number of aryl methyl sites for hydroxylation is 2. The zero-order valence-electron chi connectivity index (χ0n) is 10.4. The summed E-state index contributed by atoms with van der Waals surface area (Å²) in [6.07, 6.45) is 0. The van der Waals surface area contributed by atoms with E-state index in [4.69, 9.17) is 15.0 Å². The van der Waals surface area contributed by atoms with Crippen LogP contribution in [0.5, 0.6) is 5.75 Å². The number of aromatic nitrogens is 1. The summed E-state index contributed by atoms with van der Waals surface area (Å²) in [6, 6.07) is 4.66. The van der Waals surface area contributed by atoms with Crippen molar-refractivity contribution in [2.75, 3.05) is 0 Å². The van der Waals surface area contributed by atoms with Crippen LogP contribution in [0.25, 0.3) is 0 Å². The average Bonchev–Trinajstić information content (AvgIpc) is 2.67. The Hall–Kier alpha value is -1.88. The van der Waals surface area contributed by atoms with Crippen molar-refractivity contribution < 1.29 is 13.7 Å². The van der Waals surface area contributed by atoms with E-state index in [1.165, 1.54) is 6.07 Å². The second-order valence-electron chi connectivity index (χ2n) is 4.01. The number of hydrogen-bond acceptors (Lipinski definition) is 4. The second kappa shape index (κ2) is 5.18. The number of halogens is 1. The summed E-state index contributed by atoms with van der Waals surface area (Å²) in [4.78, 5) is 0. The van der Waals surface area contributed by atoms with Crippen molar-refractivity contribution in [1.29, 1.82) is 0 Å². The van der Waals surface area contributed by atoms with E-state index >= 15 is 0 Å². The van der Waals surface area contributed by atoms with E-state index in [9.17, 15) is 4.39 Å². The summed E-state index contributed by atoms with van der Waals surface area (Å²) in [6.45, 7) is 4.04. The van der Waals surface area contributed by atoms with Crippen LogP contribution in [0.3, 0.4) is 0 Å². The molecule has 0 saturated heterocycles. The molecule has 0 aliphatic carbocycles.